The van der Waals surface area contributed by atoms with Crippen molar-refractivity contribution in [2.75, 3.05) is 25.5 Å². The minimum absolute atomic E-state index is 0.308. The smallest absolute Gasteiger partial charge is 0.246 e. The maximum atomic E-state index is 4.86. The fourth-order valence-electron chi connectivity index (χ4n) is 3.97. The van der Waals surface area contributed by atoms with Crippen LogP contribution in [0.3, 0.4) is 0 Å². The normalized spacial score (nSPS) is 16.7. The summed E-state index contributed by atoms with van der Waals surface area (Å²) >= 11 is 0. The Morgan fingerprint density at radius 3 is 2.61 bits per heavy atom. The molecule has 0 bridgehead atoms. The first-order chi connectivity index (χ1) is 13.6. The van der Waals surface area contributed by atoms with Gasteiger partial charge >= 0.3 is 0 Å². The molecule has 3 aromatic rings. The minimum atomic E-state index is 0.308. The minimum Gasteiger partial charge on any atom is -0.332 e. The van der Waals surface area contributed by atoms with Crippen molar-refractivity contribution in [3.8, 4) is 11.3 Å². The molecule has 0 spiro atoms. The summed E-state index contributed by atoms with van der Waals surface area (Å²) in [7, 11) is 4.19. The quantitative estimate of drug-likeness (QED) is 0.669. The van der Waals surface area contributed by atoms with Crippen LogP contribution < -0.4 is 4.90 Å². The molecule has 1 unspecified atom stereocenters. The topological polar surface area (TPSA) is 45.2 Å². The summed E-state index contributed by atoms with van der Waals surface area (Å²) in [6, 6.07) is 17.6. The molecule has 4 rings (SSSR count). The fraction of sp³-hybridized carbons (Fsp3) is 0.348. The molecule has 1 aromatic heterocycles. The number of anilines is 1. The number of rotatable bonds is 5. The molecule has 28 heavy (non-hydrogen) atoms. The van der Waals surface area contributed by atoms with Crippen LogP contribution in [0.15, 0.2) is 54.7 Å². The lowest BCUT2D eigenvalue weighted by molar-refractivity contribution is 0.402. The van der Waals surface area contributed by atoms with Crippen molar-refractivity contribution < 1.29 is 0 Å². The van der Waals surface area contributed by atoms with Gasteiger partial charge in [0.15, 0.2) is 0 Å². The van der Waals surface area contributed by atoms with Crippen molar-refractivity contribution in [2.45, 2.75) is 32.4 Å². The van der Waals surface area contributed by atoms with Crippen molar-refractivity contribution in [1.29, 1.82) is 0 Å². The summed E-state index contributed by atoms with van der Waals surface area (Å²) in [5, 5.41) is 8.63. The van der Waals surface area contributed by atoms with E-state index in [9.17, 15) is 0 Å². The van der Waals surface area contributed by atoms with E-state index < -0.39 is 0 Å². The molecular formula is C23H27N5. The van der Waals surface area contributed by atoms with Gasteiger partial charge in [-0.05, 0) is 50.6 Å². The molecular weight excluding hydrogens is 346 g/mol. The Morgan fingerprint density at radius 2 is 1.86 bits per heavy atom. The van der Waals surface area contributed by atoms with Gasteiger partial charge in [-0.25, -0.2) is 4.98 Å². The third kappa shape index (κ3) is 3.90. The van der Waals surface area contributed by atoms with E-state index in [1.54, 1.807) is 6.20 Å². The van der Waals surface area contributed by atoms with Crippen molar-refractivity contribution in [3.05, 3.63) is 71.4 Å². The van der Waals surface area contributed by atoms with Crippen LogP contribution in [-0.4, -0.2) is 40.7 Å². The van der Waals surface area contributed by atoms with Gasteiger partial charge in [0.1, 0.15) is 0 Å². The Morgan fingerprint density at radius 1 is 1.07 bits per heavy atom. The molecule has 5 heteroatoms. The second kappa shape index (κ2) is 8.07. The van der Waals surface area contributed by atoms with Gasteiger partial charge in [-0.3, -0.25) is 0 Å². The molecule has 5 nitrogen and oxygen atoms in total. The highest BCUT2D eigenvalue weighted by Gasteiger charge is 2.28. The highest BCUT2D eigenvalue weighted by Crippen LogP contribution is 2.35. The van der Waals surface area contributed by atoms with Crippen molar-refractivity contribution in [1.82, 2.24) is 20.1 Å². The maximum Gasteiger partial charge on any atom is 0.246 e. The van der Waals surface area contributed by atoms with E-state index >= 15 is 0 Å². The molecule has 2 heterocycles. The van der Waals surface area contributed by atoms with E-state index in [1.165, 1.54) is 16.7 Å². The summed E-state index contributed by atoms with van der Waals surface area (Å²) in [5.41, 5.74) is 5.85. The van der Waals surface area contributed by atoms with Crippen LogP contribution in [0.4, 0.5) is 5.95 Å². The van der Waals surface area contributed by atoms with Crippen LogP contribution in [0.25, 0.3) is 11.3 Å². The van der Waals surface area contributed by atoms with Crippen LogP contribution in [0.1, 0.15) is 35.6 Å². The molecule has 0 amide bonds. The Balaban J connectivity index is 1.60. The van der Waals surface area contributed by atoms with E-state index in [-0.39, 0.29) is 0 Å². The van der Waals surface area contributed by atoms with Gasteiger partial charge in [-0.1, -0.05) is 48.5 Å². The van der Waals surface area contributed by atoms with E-state index in [2.05, 4.69) is 77.4 Å². The summed E-state index contributed by atoms with van der Waals surface area (Å²) in [6.45, 7) is 4.02. The number of hydrogen-bond donors (Lipinski definition) is 0. The first-order valence-corrected chi connectivity index (χ1v) is 9.88. The van der Waals surface area contributed by atoms with Gasteiger partial charge in [-0.2, -0.15) is 5.10 Å². The predicted octanol–water partition coefficient (Wildman–Crippen LogP) is 4.25. The van der Waals surface area contributed by atoms with E-state index in [4.69, 9.17) is 4.98 Å². The van der Waals surface area contributed by atoms with Gasteiger partial charge in [-0.15, -0.1) is 5.10 Å². The van der Waals surface area contributed by atoms with Gasteiger partial charge in [0, 0.05) is 18.7 Å². The second-order valence-corrected chi connectivity index (χ2v) is 7.79. The van der Waals surface area contributed by atoms with Crippen molar-refractivity contribution >= 4 is 5.95 Å². The third-order valence-corrected chi connectivity index (χ3v) is 5.34. The van der Waals surface area contributed by atoms with Gasteiger partial charge in [0.05, 0.1) is 17.9 Å². The standard InChI is InChI=1S/C23H27N5/c1-17-7-4-5-8-20(17)21-15-24-26-23(25-21)28-14-6-9-22(28)19-12-10-18(11-13-19)16-27(2)3/h4-5,7-8,10-13,15,22H,6,9,14,16H2,1-3H3. The Bertz CT molecular complexity index is 936. The molecule has 0 saturated carbocycles. The zero-order valence-electron chi connectivity index (χ0n) is 16.8. The lowest BCUT2D eigenvalue weighted by Crippen LogP contribution is -2.25. The zero-order valence-corrected chi connectivity index (χ0v) is 16.8. The second-order valence-electron chi connectivity index (χ2n) is 7.79. The Hall–Kier alpha value is -2.79. The highest BCUT2D eigenvalue weighted by atomic mass is 15.3. The maximum absolute atomic E-state index is 4.86. The summed E-state index contributed by atoms with van der Waals surface area (Å²) < 4.78 is 0. The molecule has 1 aliphatic rings. The third-order valence-electron chi connectivity index (χ3n) is 5.34. The van der Waals surface area contributed by atoms with E-state index in [1.807, 2.05) is 12.1 Å². The van der Waals surface area contributed by atoms with Crippen LogP contribution >= 0.6 is 0 Å². The molecule has 1 atom stereocenters. The fourth-order valence-corrected chi connectivity index (χ4v) is 3.97. The first kappa shape index (κ1) is 18.6. The molecule has 2 aromatic carbocycles. The monoisotopic (exact) mass is 373 g/mol. The van der Waals surface area contributed by atoms with Crippen molar-refractivity contribution in [2.24, 2.45) is 0 Å². The van der Waals surface area contributed by atoms with Crippen LogP contribution in [0, 0.1) is 6.92 Å². The lowest BCUT2D eigenvalue weighted by atomic mass is 10.0. The number of hydrogen-bond acceptors (Lipinski definition) is 5. The van der Waals surface area contributed by atoms with Crippen molar-refractivity contribution in [3.63, 3.8) is 0 Å². The number of benzene rings is 2. The summed E-state index contributed by atoms with van der Waals surface area (Å²) in [6.07, 6.45) is 4.01. The van der Waals surface area contributed by atoms with Crippen LogP contribution in [0.2, 0.25) is 0 Å². The highest BCUT2D eigenvalue weighted by molar-refractivity contribution is 5.63. The molecule has 1 saturated heterocycles. The number of aromatic nitrogens is 3. The molecule has 1 fully saturated rings. The van der Waals surface area contributed by atoms with Crippen LogP contribution in [-0.2, 0) is 6.54 Å². The first-order valence-electron chi connectivity index (χ1n) is 9.88. The summed E-state index contributed by atoms with van der Waals surface area (Å²) in [4.78, 5) is 9.35. The van der Waals surface area contributed by atoms with Gasteiger partial charge < -0.3 is 9.80 Å². The Kier molecular flexibility index (Phi) is 5.35. The molecule has 144 valence electrons. The van der Waals surface area contributed by atoms with Gasteiger partial charge in [0.25, 0.3) is 0 Å². The van der Waals surface area contributed by atoms with E-state index in [0.717, 1.165) is 43.1 Å². The zero-order chi connectivity index (χ0) is 19.5. The number of aryl methyl sites for hydroxylation is 1. The SMILES string of the molecule is Cc1ccccc1-c1cnnc(N2CCCC2c2ccc(CN(C)C)cc2)n1. The lowest BCUT2D eigenvalue weighted by Gasteiger charge is -2.25. The molecule has 0 aliphatic carbocycles. The average molecular weight is 374 g/mol. The number of nitrogens with zero attached hydrogens (tertiary/aromatic N) is 5. The average Bonchev–Trinajstić information content (AvgIpc) is 3.18. The molecule has 0 N–H and O–H groups in total. The van der Waals surface area contributed by atoms with Crippen LogP contribution in [0.5, 0.6) is 0 Å². The molecule has 0 radical (unpaired) electrons. The van der Waals surface area contributed by atoms with Gasteiger partial charge in [0.2, 0.25) is 5.95 Å². The molecule has 1 aliphatic heterocycles. The van der Waals surface area contributed by atoms with E-state index in [0.29, 0.717) is 6.04 Å². The summed E-state index contributed by atoms with van der Waals surface area (Å²) in [5.74, 6) is 0.723. The Labute approximate surface area is 167 Å². The largest absolute Gasteiger partial charge is 0.332 e. The predicted molar refractivity (Wildman–Crippen MR) is 113 cm³/mol.